The second-order valence-corrected chi connectivity index (χ2v) is 6.98. The maximum absolute atomic E-state index is 14.3. The van der Waals surface area contributed by atoms with Crippen LogP contribution in [0.2, 0.25) is 10.0 Å². The third-order valence-electron chi connectivity index (χ3n) is 2.99. The van der Waals surface area contributed by atoms with Crippen molar-refractivity contribution >= 4 is 29.2 Å². The first kappa shape index (κ1) is 19.3. The minimum Gasteiger partial charge on any atom is -0.495 e. The van der Waals surface area contributed by atoms with Crippen LogP contribution in [0, 0.1) is 5.82 Å². The summed E-state index contributed by atoms with van der Waals surface area (Å²) in [4.78, 5) is 12.0. The van der Waals surface area contributed by atoms with Crippen molar-refractivity contribution in [3.63, 3.8) is 0 Å². The van der Waals surface area contributed by atoms with Crippen molar-refractivity contribution in [3.05, 3.63) is 51.8 Å². The Morgan fingerprint density at radius 1 is 1.04 bits per heavy atom. The van der Waals surface area contributed by atoms with E-state index in [1.54, 1.807) is 32.9 Å². The fraction of sp³-hybridized carbons (Fsp3) is 0.278. The number of esters is 1. The Bertz CT molecular complexity index is 800. The highest BCUT2D eigenvalue weighted by molar-refractivity contribution is 6.32. The van der Waals surface area contributed by atoms with Crippen LogP contribution in [0.4, 0.5) is 4.39 Å². The van der Waals surface area contributed by atoms with E-state index in [4.69, 9.17) is 37.4 Å². The fourth-order valence-corrected chi connectivity index (χ4v) is 2.38. The summed E-state index contributed by atoms with van der Waals surface area (Å²) in [5, 5.41) is 0.399. The van der Waals surface area contributed by atoms with Crippen molar-refractivity contribution in [2.45, 2.75) is 26.4 Å². The normalized spacial score (nSPS) is 11.2. The topological polar surface area (TPSA) is 44.8 Å². The summed E-state index contributed by atoms with van der Waals surface area (Å²) >= 11 is 12.1. The molecule has 0 bridgehead atoms. The fourth-order valence-electron chi connectivity index (χ4n) is 1.93. The number of benzene rings is 2. The lowest BCUT2D eigenvalue weighted by molar-refractivity contribution is 0.00647. The first-order valence-electron chi connectivity index (χ1n) is 7.34. The van der Waals surface area contributed by atoms with Crippen LogP contribution < -0.4 is 9.47 Å². The molecular formula is C18H17Cl2FO4. The molecule has 2 aromatic carbocycles. The lowest BCUT2D eigenvalue weighted by Crippen LogP contribution is -2.24. The molecule has 0 aromatic heterocycles. The standard InChI is InChI=1S/C18H17Cl2FO4/c1-18(2,3)25-17(22)11-8-13(20)16(9-14(11)21)24-10-5-6-15(23-4)12(19)7-10/h5-9H,1-4H3. The summed E-state index contributed by atoms with van der Waals surface area (Å²) in [7, 11) is 1.49. The second kappa shape index (κ2) is 7.50. The summed E-state index contributed by atoms with van der Waals surface area (Å²) in [5.41, 5.74) is -1.01. The lowest BCUT2D eigenvalue weighted by Gasteiger charge is -2.20. The monoisotopic (exact) mass is 386 g/mol. The zero-order valence-corrected chi connectivity index (χ0v) is 15.7. The third kappa shape index (κ3) is 5.00. The predicted octanol–water partition coefficient (Wildman–Crippen LogP) is 5.89. The number of hydrogen-bond donors (Lipinski definition) is 0. The summed E-state index contributed by atoms with van der Waals surface area (Å²) < 4.78 is 30.0. The number of hydrogen-bond acceptors (Lipinski definition) is 4. The summed E-state index contributed by atoms with van der Waals surface area (Å²) in [5.74, 6) is -0.726. The molecule has 0 saturated carbocycles. The Hall–Kier alpha value is -1.98. The van der Waals surface area contributed by atoms with E-state index in [1.807, 2.05) is 0 Å². The molecular weight excluding hydrogens is 370 g/mol. The van der Waals surface area contributed by atoms with E-state index >= 15 is 0 Å². The second-order valence-electron chi connectivity index (χ2n) is 6.16. The molecule has 0 saturated heterocycles. The molecule has 0 unspecified atom stereocenters. The summed E-state index contributed by atoms with van der Waals surface area (Å²) in [6.45, 7) is 5.07. The molecule has 0 N–H and O–H groups in total. The number of rotatable bonds is 4. The molecule has 2 rings (SSSR count). The minimum atomic E-state index is -0.800. The first-order valence-corrected chi connectivity index (χ1v) is 8.10. The van der Waals surface area contributed by atoms with E-state index in [2.05, 4.69) is 0 Å². The van der Waals surface area contributed by atoms with Crippen LogP contribution in [0.1, 0.15) is 31.1 Å². The van der Waals surface area contributed by atoms with Gasteiger partial charge in [0.1, 0.15) is 28.7 Å². The van der Waals surface area contributed by atoms with Crippen molar-refractivity contribution < 1.29 is 23.4 Å². The highest BCUT2D eigenvalue weighted by Crippen LogP contribution is 2.35. The average Bonchev–Trinajstić information content (AvgIpc) is 2.49. The number of carbonyl (C=O) groups is 1. The Morgan fingerprint density at radius 2 is 1.68 bits per heavy atom. The van der Waals surface area contributed by atoms with Crippen LogP contribution in [-0.2, 0) is 4.74 Å². The van der Waals surface area contributed by atoms with Crippen molar-refractivity contribution in [3.8, 4) is 17.2 Å². The molecule has 0 amide bonds. The van der Waals surface area contributed by atoms with Crippen LogP contribution in [0.15, 0.2) is 30.3 Å². The van der Waals surface area contributed by atoms with Gasteiger partial charge in [-0.15, -0.1) is 0 Å². The molecule has 0 aliphatic rings. The average molecular weight is 387 g/mol. The van der Waals surface area contributed by atoms with Gasteiger partial charge in [-0.1, -0.05) is 23.2 Å². The molecule has 0 fully saturated rings. The van der Waals surface area contributed by atoms with Crippen LogP contribution in [-0.4, -0.2) is 18.7 Å². The van der Waals surface area contributed by atoms with Gasteiger partial charge in [-0.05, 0) is 39.0 Å². The maximum Gasteiger partial charge on any atom is 0.341 e. The lowest BCUT2D eigenvalue weighted by atomic mass is 10.1. The number of halogens is 3. The smallest absolute Gasteiger partial charge is 0.341 e. The molecule has 0 spiro atoms. The van der Waals surface area contributed by atoms with E-state index in [9.17, 15) is 9.18 Å². The largest absolute Gasteiger partial charge is 0.495 e. The first-order chi connectivity index (χ1) is 11.6. The minimum absolute atomic E-state index is 0.0488. The predicted molar refractivity (Wildman–Crippen MR) is 94.7 cm³/mol. The van der Waals surface area contributed by atoms with Gasteiger partial charge in [0.05, 0.1) is 22.7 Å². The van der Waals surface area contributed by atoms with Gasteiger partial charge in [0.15, 0.2) is 0 Å². The molecule has 0 atom stereocenters. The molecule has 0 aliphatic carbocycles. The highest BCUT2D eigenvalue weighted by atomic mass is 35.5. The third-order valence-corrected chi connectivity index (χ3v) is 3.58. The Balaban J connectivity index is 2.28. The van der Waals surface area contributed by atoms with Crippen LogP contribution in [0.3, 0.4) is 0 Å². The molecule has 4 nitrogen and oxygen atoms in total. The maximum atomic E-state index is 14.3. The highest BCUT2D eigenvalue weighted by Gasteiger charge is 2.22. The van der Waals surface area contributed by atoms with Crippen molar-refractivity contribution in [1.29, 1.82) is 0 Å². The quantitative estimate of drug-likeness (QED) is 0.614. The van der Waals surface area contributed by atoms with Crippen molar-refractivity contribution in [2.24, 2.45) is 0 Å². The van der Waals surface area contributed by atoms with Gasteiger partial charge in [0.25, 0.3) is 0 Å². The Morgan fingerprint density at radius 3 is 2.24 bits per heavy atom. The number of ether oxygens (including phenoxy) is 3. The SMILES string of the molecule is COc1ccc(Oc2cc(F)c(C(=O)OC(C)(C)C)cc2Cl)cc1Cl. The van der Waals surface area contributed by atoms with Gasteiger partial charge < -0.3 is 14.2 Å². The molecule has 2 aromatic rings. The number of carbonyl (C=O) groups excluding carboxylic acids is 1. The molecule has 25 heavy (non-hydrogen) atoms. The summed E-state index contributed by atoms with van der Waals surface area (Å²) in [6.07, 6.45) is 0. The van der Waals surface area contributed by atoms with Crippen LogP contribution >= 0.6 is 23.2 Å². The van der Waals surface area contributed by atoms with Gasteiger partial charge in [-0.25, -0.2) is 9.18 Å². The zero-order valence-electron chi connectivity index (χ0n) is 14.2. The van der Waals surface area contributed by atoms with E-state index in [-0.39, 0.29) is 16.3 Å². The molecule has 0 heterocycles. The van der Waals surface area contributed by atoms with Gasteiger partial charge in [0, 0.05) is 12.1 Å². The van der Waals surface area contributed by atoms with E-state index in [0.717, 1.165) is 6.07 Å². The molecule has 0 radical (unpaired) electrons. The Kier molecular flexibility index (Phi) is 5.80. The molecule has 134 valence electrons. The molecule has 7 heteroatoms. The zero-order chi connectivity index (χ0) is 18.8. The number of methoxy groups -OCH3 is 1. The van der Waals surface area contributed by atoms with E-state index in [0.29, 0.717) is 16.5 Å². The van der Waals surface area contributed by atoms with Crippen LogP contribution in [0.5, 0.6) is 17.2 Å². The van der Waals surface area contributed by atoms with Crippen molar-refractivity contribution in [2.75, 3.05) is 7.11 Å². The van der Waals surface area contributed by atoms with Gasteiger partial charge >= 0.3 is 5.97 Å². The van der Waals surface area contributed by atoms with E-state index in [1.165, 1.54) is 19.2 Å². The molecule has 0 aliphatic heterocycles. The van der Waals surface area contributed by atoms with Gasteiger partial charge in [-0.3, -0.25) is 0 Å². The van der Waals surface area contributed by atoms with Gasteiger partial charge in [-0.2, -0.15) is 0 Å². The van der Waals surface area contributed by atoms with Crippen LogP contribution in [0.25, 0.3) is 0 Å². The summed E-state index contributed by atoms with van der Waals surface area (Å²) in [6, 6.07) is 6.92. The Labute approximate surface area is 155 Å². The van der Waals surface area contributed by atoms with Crippen molar-refractivity contribution in [1.82, 2.24) is 0 Å². The van der Waals surface area contributed by atoms with Gasteiger partial charge in [0.2, 0.25) is 0 Å². The van der Waals surface area contributed by atoms with E-state index < -0.39 is 17.4 Å².